The Kier molecular flexibility index (Phi) is 9.55. The minimum absolute atomic E-state index is 0.0186. The lowest BCUT2D eigenvalue weighted by Gasteiger charge is -2.64. The maximum atomic E-state index is 14.6. The van der Waals surface area contributed by atoms with E-state index in [2.05, 4.69) is 69.2 Å². The van der Waals surface area contributed by atoms with Gasteiger partial charge in [0.05, 0.1) is 29.4 Å². The molecule has 48 heavy (non-hydrogen) atoms. The van der Waals surface area contributed by atoms with Gasteiger partial charge in [-0.25, -0.2) is 4.98 Å². The Labute approximate surface area is 286 Å². The lowest BCUT2D eigenvalue weighted by molar-refractivity contribution is -0.199. The molecular formula is C38H53BN4O5. The Morgan fingerprint density at radius 3 is 2.35 bits per heavy atom. The molecule has 7 rings (SSSR count). The van der Waals surface area contributed by atoms with Crippen molar-refractivity contribution in [2.24, 2.45) is 34.2 Å². The average molecular weight is 657 g/mol. The molecule has 1 aromatic heterocycles. The van der Waals surface area contributed by atoms with Gasteiger partial charge in [0.2, 0.25) is 5.60 Å². The number of oxime groups is 1. The molecule has 3 heterocycles. The first-order valence-corrected chi connectivity index (χ1v) is 17.9. The molecule has 4 fully saturated rings. The van der Waals surface area contributed by atoms with Crippen molar-refractivity contribution in [2.45, 2.75) is 123 Å². The number of aryl methyl sites for hydroxylation is 1. The van der Waals surface area contributed by atoms with Gasteiger partial charge in [0.15, 0.2) is 0 Å². The van der Waals surface area contributed by atoms with E-state index in [1.807, 2.05) is 49.4 Å². The zero-order valence-electron chi connectivity index (χ0n) is 29.9. The number of carbonyl (C=O) groups is 2. The van der Waals surface area contributed by atoms with Crippen molar-refractivity contribution >= 4 is 24.6 Å². The lowest BCUT2D eigenvalue weighted by Crippen LogP contribution is -2.65. The number of nitrogens with one attached hydrogen (secondary N) is 2. The van der Waals surface area contributed by atoms with Gasteiger partial charge in [-0.3, -0.25) is 9.59 Å². The van der Waals surface area contributed by atoms with E-state index in [1.54, 1.807) is 6.07 Å². The summed E-state index contributed by atoms with van der Waals surface area (Å²) in [6, 6.07) is 14.9. The van der Waals surface area contributed by atoms with Gasteiger partial charge < -0.3 is 24.8 Å². The van der Waals surface area contributed by atoms with E-state index in [9.17, 15) is 9.59 Å². The van der Waals surface area contributed by atoms with E-state index in [0.717, 1.165) is 17.7 Å². The molecule has 2 aromatic rings. The third kappa shape index (κ3) is 6.67. The molecule has 0 spiro atoms. The topological polar surface area (TPSA) is 111 Å². The molecule has 2 N–H and O–H groups in total. The number of nitrogens with zero attached hydrogens (tertiary/aromatic N) is 2. The number of hydrogen-bond donors (Lipinski definition) is 2. The lowest BCUT2D eigenvalue weighted by atomic mass is 9.43. The van der Waals surface area contributed by atoms with Crippen LogP contribution in [0.1, 0.15) is 102 Å². The summed E-state index contributed by atoms with van der Waals surface area (Å²) < 4.78 is 13.5. The molecule has 2 aliphatic heterocycles. The van der Waals surface area contributed by atoms with Gasteiger partial charge in [-0.1, -0.05) is 83.1 Å². The van der Waals surface area contributed by atoms with Crippen LogP contribution < -0.4 is 10.6 Å². The summed E-state index contributed by atoms with van der Waals surface area (Å²) >= 11 is 0. The molecule has 5 aliphatic rings. The third-order valence-corrected chi connectivity index (χ3v) is 11.4. The fourth-order valence-electron chi connectivity index (χ4n) is 8.68. The third-order valence-electron chi connectivity index (χ3n) is 11.4. The molecular weight excluding hydrogens is 603 g/mol. The summed E-state index contributed by atoms with van der Waals surface area (Å²) in [5, 5.41) is 11.1. The largest absolute Gasteiger partial charge is 0.481 e. The minimum atomic E-state index is -1.30. The van der Waals surface area contributed by atoms with Crippen LogP contribution in [-0.2, 0) is 25.4 Å². The van der Waals surface area contributed by atoms with Crippen molar-refractivity contribution in [3.05, 3.63) is 65.5 Å². The normalized spacial score (nSPS) is 29.8. The molecule has 7 atom stereocenters. The molecule has 2 amide bonds. The second-order valence-electron chi connectivity index (χ2n) is 16.4. The number of rotatable bonds is 12. The summed E-state index contributed by atoms with van der Waals surface area (Å²) in [6.45, 7) is 17.3. The van der Waals surface area contributed by atoms with Gasteiger partial charge in [-0.15, -0.1) is 0 Å². The molecule has 9 nitrogen and oxygen atoms in total. The monoisotopic (exact) mass is 656 g/mol. The first kappa shape index (κ1) is 34.6. The van der Waals surface area contributed by atoms with Crippen molar-refractivity contribution in [2.75, 3.05) is 0 Å². The van der Waals surface area contributed by atoms with Gasteiger partial charge in [-0.05, 0) is 86.3 Å². The number of amides is 2. The molecule has 1 aromatic carbocycles. The number of pyridine rings is 1. The first-order chi connectivity index (χ1) is 22.7. The molecule has 258 valence electrons. The highest BCUT2D eigenvalue weighted by Gasteiger charge is 2.68. The van der Waals surface area contributed by atoms with Crippen LogP contribution >= 0.6 is 0 Å². The smallest absolute Gasteiger partial charge is 0.404 e. The molecule has 3 aliphatic carbocycles. The second-order valence-corrected chi connectivity index (χ2v) is 16.4. The van der Waals surface area contributed by atoms with Crippen LogP contribution in [0.25, 0.3) is 0 Å². The van der Waals surface area contributed by atoms with E-state index in [1.165, 1.54) is 6.42 Å². The highest BCUT2D eigenvalue weighted by Crippen LogP contribution is 2.65. The van der Waals surface area contributed by atoms with Crippen LogP contribution in [0, 0.1) is 36.0 Å². The van der Waals surface area contributed by atoms with E-state index in [4.69, 9.17) is 14.1 Å². The fraction of sp³-hybridized carbons (Fsp3) is 0.632. The van der Waals surface area contributed by atoms with Crippen LogP contribution in [0.3, 0.4) is 0 Å². The first-order valence-electron chi connectivity index (χ1n) is 17.9. The van der Waals surface area contributed by atoms with Crippen LogP contribution in [0.15, 0.2) is 53.7 Å². The number of aromatic nitrogens is 1. The van der Waals surface area contributed by atoms with Gasteiger partial charge in [0.1, 0.15) is 5.69 Å². The highest BCUT2D eigenvalue weighted by molar-refractivity contribution is 6.48. The van der Waals surface area contributed by atoms with Crippen molar-refractivity contribution in [1.82, 2.24) is 15.6 Å². The summed E-state index contributed by atoms with van der Waals surface area (Å²) in [4.78, 5) is 38.7. The van der Waals surface area contributed by atoms with Crippen molar-refractivity contribution in [1.29, 1.82) is 0 Å². The Balaban J connectivity index is 1.24. The minimum Gasteiger partial charge on any atom is -0.404 e. The van der Waals surface area contributed by atoms with Gasteiger partial charge >= 0.3 is 7.12 Å². The van der Waals surface area contributed by atoms with Crippen molar-refractivity contribution in [3.8, 4) is 0 Å². The van der Waals surface area contributed by atoms with Crippen LogP contribution in [0.5, 0.6) is 0 Å². The average Bonchev–Trinajstić information content (AvgIpc) is 3.62. The predicted molar refractivity (Wildman–Crippen MR) is 187 cm³/mol. The van der Waals surface area contributed by atoms with Crippen LogP contribution in [0.4, 0.5) is 0 Å². The Morgan fingerprint density at radius 1 is 0.958 bits per heavy atom. The standard InChI is InChI=1S/C38H53BN4O5/c1-23(2)17-29(41-34(44)28-16-12-13-25(5)40-28)30-22-38(48-43-30,21-26-14-10-9-11-15-26)35(45)42-33(18-24(3)4)39-46-32-20-27-19-31(36(27,6)7)37(32,8)47-39/h9-16,23-24,27,29,31-33H,17-22H2,1-8H3,(H,41,44)(H,42,45)/t27-,29-,31-,32+,33-,37-,38?/m0/s1. The molecule has 1 unspecified atom stereocenters. The maximum Gasteiger partial charge on any atom is 0.481 e. The predicted octanol–water partition coefficient (Wildman–Crippen LogP) is 6.09. The van der Waals surface area contributed by atoms with Crippen LogP contribution in [-0.4, -0.2) is 58.9 Å². The number of hydrogen-bond acceptors (Lipinski definition) is 7. The molecule has 2 bridgehead atoms. The SMILES string of the molecule is Cc1cccc(C(=O)N[C@@H](CC(C)C)C2=NOC(Cc3ccccc3)(C(=O)N[C@@H](CC(C)C)B3O[C@@H]4C[C@@H]5C[C@@H](C5(C)C)[C@]4(C)O3)C2)n1. The van der Waals surface area contributed by atoms with Crippen molar-refractivity contribution in [3.63, 3.8) is 0 Å². The van der Waals surface area contributed by atoms with E-state index in [-0.39, 0.29) is 47.2 Å². The Hall–Kier alpha value is -3.24. The molecule has 1 saturated heterocycles. The Morgan fingerprint density at radius 2 is 1.69 bits per heavy atom. The second kappa shape index (κ2) is 13.2. The van der Waals surface area contributed by atoms with Gasteiger partial charge in [0, 0.05) is 18.5 Å². The Bertz CT molecular complexity index is 1530. The number of benzene rings is 1. The zero-order chi connectivity index (χ0) is 34.4. The maximum absolute atomic E-state index is 14.6. The highest BCUT2D eigenvalue weighted by atomic mass is 16.7. The fourth-order valence-corrected chi connectivity index (χ4v) is 8.68. The summed E-state index contributed by atoms with van der Waals surface area (Å²) in [5.41, 5.74) is 1.27. The quantitative estimate of drug-likeness (QED) is 0.268. The van der Waals surface area contributed by atoms with Gasteiger partial charge in [0.25, 0.3) is 11.8 Å². The van der Waals surface area contributed by atoms with Crippen LogP contribution in [0.2, 0.25) is 0 Å². The van der Waals surface area contributed by atoms with Gasteiger partial charge in [-0.2, -0.15) is 0 Å². The summed E-state index contributed by atoms with van der Waals surface area (Å²) in [5.74, 6) is 0.733. The van der Waals surface area contributed by atoms with Crippen molar-refractivity contribution < 1.29 is 23.7 Å². The van der Waals surface area contributed by atoms with E-state index < -0.39 is 18.8 Å². The number of carbonyl (C=O) groups excluding carboxylic acids is 2. The van der Waals surface area contributed by atoms with E-state index >= 15 is 0 Å². The summed E-state index contributed by atoms with van der Waals surface area (Å²) in [6.07, 6.45) is 4.07. The molecule has 3 saturated carbocycles. The zero-order valence-corrected chi connectivity index (χ0v) is 29.9. The van der Waals surface area contributed by atoms with E-state index in [0.29, 0.717) is 48.4 Å². The molecule has 10 heteroatoms. The summed E-state index contributed by atoms with van der Waals surface area (Å²) in [7, 11) is -0.549. The molecule has 0 radical (unpaired) electrons.